The van der Waals surface area contributed by atoms with E-state index in [9.17, 15) is 9.59 Å². The number of likely N-dealkylation sites (tertiary alicyclic amines) is 2. The third-order valence-electron chi connectivity index (χ3n) is 6.96. The molecular weight excluding hydrogens is 382 g/mol. The third-order valence-corrected chi connectivity index (χ3v) is 7.83. The molecule has 0 radical (unpaired) electrons. The summed E-state index contributed by atoms with van der Waals surface area (Å²) >= 11 is 1.61. The highest BCUT2D eigenvalue weighted by atomic mass is 32.1. The number of thiophene rings is 1. The van der Waals surface area contributed by atoms with Gasteiger partial charge in [0.05, 0.1) is 6.42 Å². The van der Waals surface area contributed by atoms with Crippen LogP contribution in [0, 0.1) is 5.92 Å². The fourth-order valence-corrected chi connectivity index (χ4v) is 5.99. The van der Waals surface area contributed by atoms with E-state index in [0.29, 0.717) is 13.0 Å². The van der Waals surface area contributed by atoms with Gasteiger partial charge in [0.25, 0.3) is 0 Å². The summed E-state index contributed by atoms with van der Waals surface area (Å²) in [6, 6.07) is 3.96. The largest absolute Gasteiger partial charge is 0.351 e. The van der Waals surface area contributed by atoms with Gasteiger partial charge in [0.15, 0.2) is 0 Å². The highest BCUT2D eigenvalue weighted by Crippen LogP contribution is 2.26. The van der Waals surface area contributed by atoms with E-state index in [0.717, 1.165) is 49.6 Å². The molecule has 1 N–H and O–H groups in total. The molecule has 1 aromatic heterocycles. The van der Waals surface area contributed by atoms with Crippen molar-refractivity contribution < 1.29 is 9.59 Å². The first-order chi connectivity index (χ1) is 14.2. The van der Waals surface area contributed by atoms with Gasteiger partial charge in [0, 0.05) is 37.1 Å². The van der Waals surface area contributed by atoms with Crippen molar-refractivity contribution in [2.24, 2.45) is 5.92 Å². The molecule has 3 fully saturated rings. The molecule has 4 rings (SSSR count). The molecule has 1 aliphatic carbocycles. The molecule has 2 saturated heterocycles. The predicted molar refractivity (Wildman–Crippen MR) is 117 cm³/mol. The zero-order chi connectivity index (χ0) is 20.1. The van der Waals surface area contributed by atoms with Gasteiger partial charge in [0.1, 0.15) is 6.04 Å². The topological polar surface area (TPSA) is 52.7 Å². The number of rotatable bonds is 6. The van der Waals surface area contributed by atoms with Crippen molar-refractivity contribution in [2.45, 2.75) is 76.3 Å². The maximum atomic E-state index is 12.9. The lowest BCUT2D eigenvalue weighted by Crippen LogP contribution is -2.52. The molecule has 5 nitrogen and oxygen atoms in total. The number of nitrogens with one attached hydrogen (secondary N) is 1. The molecule has 1 atom stereocenters. The first-order valence-electron chi connectivity index (χ1n) is 11.5. The van der Waals surface area contributed by atoms with E-state index in [1.165, 1.54) is 38.6 Å². The highest BCUT2D eigenvalue weighted by molar-refractivity contribution is 7.10. The summed E-state index contributed by atoms with van der Waals surface area (Å²) in [5, 5.41) is 5.27. The molecule has 1 saturated carbocycles. The second kappa shape index (κ2) is 10.1. The molecule has 2 amide bonds. The number of carbonyl (C=O) groups excluding carboxylic acids is 2. The quantitative estimate of drug-likeness (QED) is 0.771. The van der Waals surface area contributed by atoms with Crippen LogP contribution in [0.4, 0.5) is 0 Å². The Morgan fingerprint density at radius 3 is 2.52 bits per heavy atom. The van der Waals surface area contributed by atoms with Crippen LogP contribution in [0.5, 0.6) is 0 Å². The Hall–Kier alpha value is -1.40. The average Bonchev–Trinajstić information content (AvgIpc) is 3.42. The summed E-state index contributed by atoms with van der Waals surface area (Å²) < 4.78 is 0. The minimum absolute atomic E-state index is 0.0627. The van der Waals surface area contributed by atoms with Crippen molar-refractivity contribution in [3.63, 3.8) is 0 Å². The smallest absolute Gasteiger partial charge is 0.243 e. The zero-order valence-electron chi connectivity index (χ0n) is 17.5. The lowest BCUT2D eigenvalue weighted by Gasteiger charge is -2.36. The summed E-state index contributed by atoms with van der Waals surface area (Å²) in [6.07, 6.45) is 11.2. The predicted octanol–water partition coefficient (Wildman–Crippen LogP) is 3.44. The van der Waals surface area contributed by atoms with E-state index in [1.54, 1.807) is 11.3 Å². The maximum absolute atomic E-state index is 12.9. The minimum atomic E-state index is -0.275. The van der Waals surface area contributed by atoms with Crippen LogP contribution in [0.1, 0.15) is 62.7 Å². The monoisotopic (exact) mass is 417 g/mol. The van der Waals surface area contributed by atoms with Crippen LogP contribution >= 0.6 is 11.3 Å². The van der Waals surface area contributed by atoms with Gasteiger partial charge >= 0.3 is 0 Å². The molecule has 0 aromatic carbocycles. The van der Waals surface area contributed by atoms with Gasteiger partial charge in [-0.3, -0.25) is 9.59 Å². The third kappa shape index (κ3) is 5.60. The van der Waals surface area contributed by atoms with Crippen LogP contribution in [0.15, 0.2) is 17.5 Å². The van der Waals surface area contributed by atoms with E-state index in [-0.39, 0.29) is 23.9 Å². The second-order valence-electron chi connectivity index (χ2n) is 9.09. The van der Waals surface area contributed by atoms with Gasteiger partial charge in [-0.05, 0) is 55.9 Å². The van der Waals surface area contributed by atoms with Crippen molar-refractivity contribution >= 4 is 23.2 Å². The van der Waals surface area contributed by atoms with Gasteiger partial charge in [-0.25, -0.2) is 0 Å². The maximum Gasteiger partial charge on any atom is 0.243 e. The van der Waals surface area contributed by atoms with Crippen LogP contribution in [-0.2, 0) is 16.0 Å². The highest BCUT2D eigenvalue weighted by Gasteiger charge is 2.35. The van der Waals surface area contributed by atoms with Gasteiger partial charge in [-0.2, -0.15) is 0 Å². The molecule has 3 aliphatic rings. The van der Waals surface area contributed by atoms with E-state index in [1.807, 2.05) is 22.4 Å². The summed E-state index contributed by atoms with van der Waals surface area (Å²) in [4.78, 5) is 31.1. The van der Waals surface area contributed by atoms with Crippen LogP contribution in [0.2, 0.25) is 0 Å². The van der Waals surface area contributed by atoms with Crippen LogP contribution in [0.3, 0.4) is 0 Å². The molecule has 0 bridgehead atoms. The molecule has 2 aliphatic heterocycles. The van der Waals surface area contributed by atoms with E-state index in [2.05, 4.69) is 10.2 Å². The van der Waals surface area contributed by atoms with Gasteiger partial charge in [0.2, 0.25) is 11.8 Å². The van der Waals surface area contributed by atoms with E-state index in [4.69, 9.17) is 0 Å². The molecule has 1 aromatic rings. The van der Waals surface area contributed by atoms with Crippen molar-refractivity contribution in [3.8, 4) is 0 Å². The summed E-state index contributed by atoms with van der Waals surface area (Å²) in [5.41, 5.74) is 0. The first kappa shape index (κ1) is 20.9. The minimum Gasteiger partial charge on any atom is -0.351 e. The van der Waals surface area contributed by atoms with Gasteiger partial charge in [-0.1, -0.05) is 25.3 Å². The van der Waals surface area contributed by atoms with Crippen molar-refractivity contribution in [1.29, 1.82) is 0 Å². The van der Waals surface area contributed by atoms with Crippen molar-refractivity contribution in [1.82, 2.24) is 15.1 Å². The Balaban J connectivity index is 1.22. The zero-order valence-corrected chi connectivity index (χ0v) is 18.3. The Labute approximate surface area is 178 Å². The molecule has 1 unspecified atom stereocenters. The Morgan fingerprint density at radius 2 is 1.79 bits per heavy atom. The lowest BCUT2D eigenvalue weighted by molar-refractivity contribution is -0.138. The van der Waals surface area contributed by atoms with E-state index < -0.39 is 0 Å². The average molecular weight is 418 g/mol. The Morgan fingerprint density at radius 1 is 1.00 bits per heavy atom. The molecule has 0 spiro atoms. The van der Waals surface area contributed by atoms with Gasteiger partial charge < -0.3 is 15.1 Å². The van der Waals surface area contributed by atoms with Crippen LogP contribution in [-0.4, -0.2) is 59.9 Å². The number of hydrogen-bond donors (Lipinski definition) is 1. The fraction of sp³-hybridized carbons (Fsp3) is 0.739. The Kier molecular flexibility index (Phi) is 7.24. The first-order valence-corrected chi connectivity index (χ1v) is 12.4. The summed E-state index contributed by atoms with van der Waals surface area (Å²) in [5.74, 6) is 1.04. The molecule has 6 heteroatoms. The Bertz CT molecular complexity index is 664. The molecular formula is C23H35N3O2S. The summed E-state index contributed by atoms with van der Waals surface area (Å²) in [7, 11) is 0. The molecule has 3 heterocycles. The van der Waals surface area contributed by atoms with Crippen molar-refractivity contribution in [2.75, 3.05) is 26.2 Å². The molecule has 29 heavy (non-hydrogen) atoms. The normalized spacial score (nSPS) is 24.7. The molecule has 160 valence electrons. The van der Waals surface area contributed by atoms with Crippen LogP contribution in [0.25, 0.3) is 0 Å². The summed E-state index contributed by atoms with van der Waals surface area (Å²) in [6.45, 7) is 4.14. The number of hydrogen-bond acceptors (Lipinski definition) is 4. The van der Waals surface area contributed by atoms with Crippen LogP contribution < -0.4 is 5.32 Å². The number of amides is 2. The standard InChI is InChI=1S/C23H35N3O2S/c27-22(16-20-8-5-15-29-20)26-12-4-9-21(26)23(28)24-19-10-13-25(14-11-19)17-18-6-2-1-3-7-18/h5,8,15,18-19,21H,1-4,6-7,9-14,16-17H2,(H,24,28). The second-order valence-corrected chi connectivity index (χ2v) is 10.1. The number of nitrogens with zero attached hydrogens (tertiary/aromatic N) is 2. The number of piperidine rings is 1. The lowest BCUT2D eigenvalue weighted by atomic mass is 9.88. The van der Waals surface area contributed by atoms with Gasteiger partial charge in [-0.15, -0.1) is 11.3 Å². The van der Waals surface area contributed by atoms with E-state index >= 15 is 0 Å². The van der Waals surface area contributed by atoms with Crippen molar-refractivity contribution in [3.05, 3.63) is 22.4 Å². The number of carbonyl (C=O) groups is 2. The SMILES string of the molecule is O=C(NC1CCN(CC2CCCCC2)CC1)C1CCCN1C(=O)Cc1cccs1. The fourth-order valence-electron chi connectivity index (χ4n) is 5.29.